The van der Waals surface area contributed by atoms with Crippen molar-refractivity contribution < 1.29 is 30.7 Å². The van der Waals surface area contributed by atoms with E-state index in [9.17, 15) is 30.7 Å². The van der Waals surface area contributed by atoms with Crippen molar-refractivity contribution in [3.63, 3.8) is 0 Å². The standard InChI is InChI=1S/C13H5BF7/c1-4-9(5(15)2-7(17)11(4)19)14-10-6(16)3-8(18)12(20)13(10)21/h2-3H,1H3. The summed E-state index contributed by atoms with van der Waals surface area (Å²) in [5.74, 6) is -11.3. The fraction of sp³-hybridized carbons (Fsp3) is 0.0769. The molecular weight excluding hydrogens is 300 g/mol. The molecule has 0 aromatic heterocycles. The second-order valence-electron chi connectivity index (χ2n) is 4.22. The summed E-state index contributed by atoms with van der Waals surface area (Å²) in [4.78, 5) is 0. The summed E-state index contributed by atoms with van der Waals surface area (Å²) in [6, 6.07) is 0.251. The van der Waals surface area contributed by atoms with E-state index in [1.54, 1.807) is 0 Å². The van der Waals surface area contributed by atoms with E-state index in [2.05, 4.69) is 0 Å². The van der Waals surface area contributed by atoms with Crippen LogP contribution in [0, 0.1) is 47.6 Å². The molecule has 0 atom stereocenters. The van der Waals surface area contributed by atoms with E-state index in [1.165, 1.54) is 0 Å². The molecule has 0 unspecified atom stereocenters. The van der Waals surface area contributed by atoms with Gasteiger partial charge in [0.25, 0.3) is 0 Å². The third-order valence-corrected chi connectivity index (χ3v) is 2.89. The van der Waals surface area contributed by atoms with Gasteiger partial charge in [-0.2, -0.15) is 0 Å². The van der Waals surface area contributed by atoms with Crippen LogP contribution < -0.4 is 10.9 Å². The summed E-state index contributed by atoms with van der Waals surface area (Å²) in [6.07, 6.45) is 0. The largest absolute Gasteiger partial charge is 0.207 e. The van der Waals surface area contributed by atoms with Gasteiger partial charge in [0.2, 0.25) is 7.28 Å². The number of benzene rings is 2. The van der Waals surface area contributed by atoms with Crippen LogP contribution in [0.4, 0.5) is 30.7 Å². The van der Waals surface area contributed by atoms with Crippen molar-refractivity contribution in [3.05, 3.63) is 58.4 Å². The van der Waals surface area contributed by atoms with Crippen LogP contribution in [0.2, 0.25) is 0 Å². The Morgan fingerprint density at radius 3 is 1.67 bits per heavy atom. The van der Waals surface area contributed by atoms with Crippen LogP contribution in [0.3, 0.4) is 0 Å². The average molecular weight is 305 g/mol. The Hall–Kier alpha value is -1.99. The van der Waals surface area contributed by atoms with Crippen LogP contribution >= 0.6 is 0 Å². The SMILES string of the molecule is Cc1c(F)c(F)cc(F)c1[B]c1c(F)cc(F)c(F)c1F. The molecule has 2 rings (SSSR count). The highest BCUT2D eigenvalue weighted by atomic mass is 19.2. The molecule has 2 aromatic rings. The number of halogens is 7. The van der Waals surface area contributed by atoms with Crippen LogP contribution in [0.5, 0.6) is 0 Å². The first-order valence-electron chi connectivity index (χ1n) is 5.55. The molecule has 21 heavy (non-hydrogen) atoms. The molecule has 0 saturated heterocycles. The molecular formula is C13H5BF7. The monoisotopic (exact) mass is 305 g/mol. The van der Waals surface area contributed by atoms with Crippen molar-refractivity contribution in [2.75, 3.05) is 0 Å². The van der Waals surface area contributed by atoms with E-state index in [-0.39, 0.29) is 12.1 Å². The first kappa shape index (κ1) is 15.4. The van der Waals surface area contributed by atoms with Crippen molar-refractivity contribution >= 4 is 18.2 Å². The molecule has 2 aromatic carbocycles. The summed E-state index contributed by atoms with van der Waals surface area (Å²) >= 11 is 0. The normalized spacial score (nSPS) is 10.9. The maximum atomic E-state index is 13.6. The van der Waals surface area contributed by atoms with E-state index in [4.69, 9.17) is 0 Å². The Labute approximate surface area is 115 Å². The number of hydrogen-bond acceptors (Lipinski definition) is 0. The van der Waals surface area contributed by atoms with Gasteiger partial charge in [-0.25, -0.2) is 30.7 Å². The molecule has 0 aliphatic heterocycles. The summed E-state index contributed by atoms with van der Waals surface area (Å²) < 4.78 is 92.6. The van der Waals surface area contributed by atoms with Gasteiger partial charge in [-0.15, -0.1) is 0 Å². The molecule has 0 heterocycles. The van der Waals surface area contributed by atoms with Gasteiger partial charge >= 0.3 is 0 Å². The Morgan fingerprint density at radius 2 is 1.10 bits per heavy atom. The Bertz CT molecular complexity index is 666. The van der Waals surface area contributed by atoms with Gasteiger partial charge in [0.15, 0.2) is 29.1 Å². The maximum absolute atomic E-state index is 13.6. The van der Waals surface area contributed by atoms with E-state index >= 15 is 0 Å². The van der Waals surface area contributed by atoms with Crippen LogP contribution in [0.1, 0.15) is 5.56 Å². The summed E-state index contributed by atoms with van der Waals surface area (Å²) in [5, 5.41) is 0. The molecule has 0 nitrogen and oxygen atoms in total. The van der Waals surface area contributed by atoms with Crippen molar-refractivity contribution in [2.45, 2.75) is 6.92 Å². The zero-order valence-corrected chi connectivity index (χ0v) is 10.4. The maximum Gasteiger partial charge on any atom is 0.203 e. The van der Waals surface area contributed by atoms with Crippen molar-refractivity contribution in [1.29, 1.82) is 0 Å². The highest BCUT2D eigenvalue weighted by Crippen LogP contribution is 2.13. The van der Waals surface area contributed by atoms with Gasteiger partial charge < -0.3 is 0 Å². The van der Waals surface area contributed by atoms with Gasteiger partial charge in [0, 0.05) is 12.1 Å². The molecule has 0 saturated carbocycles. The lowest BCUT2D eigenvalue weighted by Crippen LogP contribution is -2.37. The van der Waals surface area contributed by atoms with Crippen LogP contribution in [-0.4, -0.2) is 7.28 Å². The minimum absolute atomic E-state index is 0.0668. The zero-order chi connectivity index (χ0) is 15.9. The van der Waals surface area contributed by atoms with E-state index in [1.807, 2.05) is 0 Å². The smallest absolute Gasteiger partial charge is 0.203 e. The molecule has 1 radical (unpaired) electrons. The first-order valence-corrected chi connectivity index (χ1v) is 5.55. The number of hydrogen-bond donors (Lipinski definition) is 0. The van der Waals surface area contributed by atoms with E-state index in [0.29, 0.717) is 7.28 Å². The van der Waals surface area contributed by atoms with Gasteiger partial charge in [-0.05, 0) is 23.4 Å². The first-order chi connectivity index (χ1) is 9.73. The van der Waals surface area contributed by atoms with Gasteiger partial charge in [-0.1, -0.05) is 0 Å². The fourth-order valence-corrected chi connectivity index (χ4v) is 1.76. The Morgan fingerprint density at radius 1 is 0.619 bits per heavy atom. The Balaban J connectivity index is 2.59. The molecule has 0 bridgehead atoms. The van der Waals surface area contributed by atoms with E-state index in [0.717, 1.165) is 6.92 Å². The van der Waals surface area contributed by atoms with Crippen LogP contribution in [0.25, 0.3) is 0 Å². The number of rotatable bonds is 2. The minimum atomic E-state index is -1.96. The second-order valence-corrected chi connectivity index (χ2v) is 4.22. The van der Waals surface area contributed by atoms with Crippen molar-refractivity contribution in [1.82, 2.24) is 0 Å². The molecule has 8 heteroatoms. The minimum Gasteiger partial charge on any atom is -0.207 e. The predicted molar refractivity (Wildman–Crippen MR) is 62.3 cm³/mol. The Kier molecular flexibility index (Phi) is 3.98. The highest BCUT2D eigenvalue weighted by Gasteiger charge is 2.23. The van der Waals surface area contributed by atoms with E-state index < -0.39 is 57.2 Å². The second kappa shape index (κ2) is 5.42. The fourth-order valence-electron chi connectivity index (χ4n) is 1.76. The quantitative estimate of drug-likeness (QED) is 0.346. The molecule has 0 N–H and O–H groups in total. The lowest BCUT2D eigenvalue weighted by atomic mass is 9.61. The van der Waals surface area contributed by atoms with Crippen molar-refractivity contribution in [3.8, 4) is 0 Å². The third-order valence-electron chi connectivity index (χ3n) is 2.89. The van der Waals surface area contributed by atoms with Gasteiger partial charge in [0.05, 0.1) is 0 Å². The van der Waals surface area contributed by atoms with Crippen LogP contribution in [-0.2, 0) is 0 Å². The van der Waals surface area contributed by atoms with Gasteiger partial charge in [0.1, 0.15) is 11.6 Å². The average Bonchev–Trinajstić information content (AvgIpc) is 2.42. The summed E-state index contributed by atoms with van der Waals surface area (Å²) in [6.45, 7) is 0.975. The molecule has 0 aliphatic carbocycles. The summed E-state index contributed by atoms with van der Waals surface area (Å²) in [5.41, 5.74) is -2.32. The third kappa shape index (κ3) is 2.62. The topological polar surface area (TPSA) is 0 Å². The van der Waals surface area contributed by atoms with Crippen LogP contribution in [0.15, 0.2) is 12.1 Å². The van der Waals surface area contributed by atoms with Gasteiger partial charge in [-0.3, -0.25) is 0 Å². The lowest BCUT2D eigenvalue weighted by molar-refractivity contribution is 0.440. The molecule has 0 amide bonds. The summed E-state index contributed by atoms with van der Waals surface area (Å²) in [7, 11) is 0.445. The van der Waals surface area contributed by atoms with Crippen molar-refractivity contribution in [2.24, 2.45) is 0 Å². The lowest BCUT2D eigenvalue weighted by Gasteiger charge is -2.10. The molecule has 0 fully saturated rings. The molecule has 0 aliphatic rings. The highest BCUT2D eigenvalue weighted by molar-refractivity contribution is 6.68. The molecule has 0 spiro atoms. The predicted octanol–water partition coefficient (Wildman–Crippen LogP) is 2.62. The molecule has 109 valence electrons. The zero-order valence-electron chi connectivity index (χ0n) is 10.4.